The first-order valence-corrected chi connectivity index (χ1v) is 10.3. The van der Waals surface area contributed by atoms with Crippen LogP contribution in [0.15, 0.2) is 42.5 Å². The number of carbonyl (C=O) groups excluding carboxylic acids is 2. The van der Waals surface area contributed by atoms with Crippen LogP contribution in [0.5, 0.6) is 0 Å². The van der Waals surface area contributed by atoms with Gasteiger partial charge in [-0.2, -0.15) is 0 Å². The lowest BCUT2D eigenvalue weighted by Gasteiger charge is -2.33. The van der Waals surface area contributed by atoms with E-state index in [0.717, 1.165) is 0 Å². The van der Waals surface area contributed by atoms with E-state index in [2.05, 4.69) is 16.0 Å². The largest absolute Gasteiger partial charge is 0.481 e. The number of guanidine groups is 1. The van der Waals surface area contributed by atoms with Gasteiger partial charge in [0.05, 0.1) is 28.5 Å². The molecule has 0 saturated carbocycles. The summed E-state index contributed by atoms with van der Waals surface area (Å²) in [5.41, 5.74) is 5.22. The molecular formula is C21H23Cl2N5O4. The monoisotopic (exact) mass is 479 g/mol. The Morgan fingerprint density at radius 2 is 1.84 bits per heavy atom. The highest BCUT2D eigenvalue weighted by atomic mass is 35.5. The van der Waals surface area contributed by atoms with Crippen molar-refractivity contribution in [2.24, 2.45) is 5.73 Å². The summed E-state index contributed by atoms with van der Waals surface area (Å²) in [6.07, 6.45) is -0.129. The van der Waals surface area contributed by atoms with Crippen molar-refractivity contribution in [1.82, 2.24) is 10.6 Å². The Hall–Kier alpha value is -3.30. The maximum atomic E-state index is 12.6. The number of hydrogen-bond donors (Lipinski definition) is 6. The number of rotatable bonds is 9. The number of carboxylic acid groups (broad SMARTS) is 1. The lowest BCUT2D eigenvalue weighted by molar-refractivity contribution is -0.139. The van der Waals surface area contributed by atoms with Gasteiger partial charge in [-0.1, -0.05) is 42.3 Å². The average molecular weight is 480 g/mol. The lowest BCUT2D eigenvalue weighted by Crippen LogP contribution is -2.50. The van der Waals surface area contributed by atoms with E-state index in [4.69, 9.17) is 34.3 Å². The highest BCUT2D eigenvalue weighted by Crippen LogP contribution is 2.33. The maximum Gasteiger partial charge on any atom is 0.306 e. The molecule has 2 rings (SSSR count). The maximum absolute atomic E-state index is 12.6. The molecule has 7 N–H and O–H groups in total. The van der Waals surface area contributed by atoms with E-state index in [1.807, 2.05) is 0 Å². The van der Waals surface area contributed by atoms with E-state index in [1.54, 1.807) is 25.1 Å². The first-order chi connectivity index (χ1) is 15.1. The number of nitrogens with one attached hydrogen (secondary N) is 4. The molecule has 32 heavy (non-hydrogen) atoms. The van der Waals surface area contributed by atoms with Crippen molar-refractivity contribution in [1.29, 1.82) is 5.41 Å². The van der Waals surface area contributed by atoms with Crippen LogP contribution >= 0.6 is 23.2 Å². The van der Waals surface area contributed by atoms with Gasteiger partial charge >= 0.3 is 5.97 Å². The number of benzene rings is 2. The molecule has 0 bridgehead atoms. The first kappa shape index (κ1) is 25.0. The highest BCUT2D eigenvalue weighted by Gasteiger charge is 2.35. The predicted molar refractivity (Wildman–Crippen MR) is 123 cm³/mol. The van der Waals surface area contributed by atoms with Crippen molar-refractivity contribution in [3.63, 3.8) is 0 Å². The molecule has 0 aliphatic rings. The normalized spacial score (nSPS) is 12.3. The molecule has 0 fully saturated rings. The number of nitrogens with two attached hydrogens (primary N) is 1. The van der Waals surface area contributed by atoms with E-state index < -0.39 is 23.3 Å². The number of anilines is 1. The molecule has 2 aromatic rings. The Bertz CT molecular complexity index is 1050. The topological polar surface area (TPSA) is 157 Å². The third-order valence-electron chi connectivity index (χ3n) is 4.72. The van der Waals surface area contributed by atoms with Gasteiger partial charge in [-0.05, 0) is 42.3 Å². The fourth-order valence-electron chi connectivity index (χ4n) is 3.16. The Kier molecular flexibility index (Phi) is 8.45. The summed E-state index contributed by atoms with van der Waals surface area (Å²) in [6.45, 7) is 1.35. The molecule has 0 saturated heterocycles. The molecule has 1 unspecified atom stereocenters. The molecule has 0 aromatic heterocycles. The Balaban J connectivity index is 2.14. The minimum absolute atomic E-state index is 0.231. The molecule has 0 spiro atoms. The molecule has 2 aromatic carbocycles. The van der Waals surface area contributed by atoms with Crippen molar-refractivity contribution in [2.45, 2.75) is 25.3 Å². The fourth-order valence-corrected chi connectivity index (χ4v) is 3.45. The number of aliphatic carboxylic acids is 1. The second kappa shape index (κ2) is 10.8. The summed E-state index contributed by atoms with van der Waals surface area (Å²) >= 11 is 12.1. The zero-order valence-corrected chi connectivity index (χ0v) is 18.7. The van der Waals surface area contributed by atoms with Gasteiger partial charge in [0, 0.05) is 11.3 Å². The number of carbonyl (C=O) groups is 3. The standard InChI is InChI=1S/C21H23Cl2N5O4/c1-2-21(10-18(30)31,13-6-7-15(22)16(23)9-13)28-17(29)11-26-19(32)12-4-3-5-14(8-12)27-20(24)25/h3-9H,2,10-11H2,1H3,(H,26,32)(H,28,29)(H,30,31)(H4,24,25,27). The number of amides is 2. The quantitative estimate of drug-likeness (QED) is 0.239. The van der Waals surface area contributed by atoms with Gasteiger partial charge in [-0.15, -0.1) is 0 Å². The molecule has 1 atom stereocenters. The summed E-state index contributed by atoms with van der Waals surface area (Å²) in [5, 5.41) is 25.0. The summed E-state index contributed by atoms with van der Waals surface area (Å²) in [7, 11) is 0. The SMILES string of the molecule is CCC(CC(=O)O)(NC(=O)CNC(=O)c1cccc(NC(=N)N)c1)c1ccc(Cl)c(Cl)c1. The van der Waals surface area contributed by atoms with Gasteiger partial charge < -0.3 is 26.8 Å². The molecule has 0 aliphatic carbocycles. The minimum atomic E-state index is -1.24. The molecule has 170 valence electrons. The Labute approximate surface area is 194 Å². The van der Waals surface area contributed by atoms with E-state index in [1.165, 1.54) is 24.3 Å². The fraction of sp³-hybridized carbons (Fsp3) is 0.238. The lowest BCUT2D eigenvalue weighted by atomic mass is 9.84. The van der Waals surface area contributed by atoms with Crippen molar-refractivity contribution in [3.8, 4) is 0 Å². The third-order valence-corrected chi connectivity index (χ3v) is 5.46. The van der Waals surface area contributed by atoms with Gasteiger partial charge in [-0.3, -0.25) is 19.8 Å². The van der Waals surface area contributed by atoms with Crippen LogP contribution in [0.3, 0.4) is 0 Å². The number of halogens is 2. The zero-order valence-electron chi connectivity index (χ0n) is 17.2. The molecule has 0 radical (unpaired) electrons. The van der Waals surface area contributed by atoms with Crippen LogP contribution in [0, 0.1) is 5.41 Å². The van der Waals surface area contributed by atoms with Crippen molar-refractivity contribution >= 4 is 52.6 Å². The van der Waals surface area contributed by atoms with Gasteiger partial charge in [0.15, 0.2) is 5.96 Å². The Morgan fingerprint density at radius 1 is 1.12 bits per heavy atom. The van der Waals surface area contributed by atoms with Crippen LogP contribution in [-0.2, 0) is 15.1 Å². The van der Waals surface area contributed by atoms with Gasteiger partial charge in [0.25, 0.3) is 5.91 Å². The van der Waals surface area contributed by atoms with Crippen LogP contribution in [0.25, 0.3) is 0 Å². The van der Waals surface area contributed by atoms with Crippen molar-refractivity contribution in [3.05, 3.63) is 63.6 Å². The molecule has 9 nitrogen and oxygen atoms in total. The number of hydrogen-bond acceptors (Lipinski definition) is 4. The van der Waals surface area contributed by atoms with E-state index in [9.17, 15) is 19.5 Å². The first-order valence-electron chi connectivity index (χ1n) is 9.54. The van der Waals surface area contributed by atoms with Crippen LogP contribution in [0.4, 0.5) is 5.69 Å². The van der Waals surface area contributed by atoms with Crippen molar-refractivity contribution in [2.75, 3.05) is 11.9 Å². The van der Waals surface area contributed by atoms with Crippen molar-refractivity contribution < 1.29 is 19.5 Å². The highest BCUT2D eigenvalue weighted by molar-refractivity contribution is 6.42. The van der Waals surface area contributed by atoms with Crippen LogP contribution in [0.1, 0.15) is 35.7 Å². The van der Waals surface area contributed by atoms with Crippen LogP contribution in [0.2, 0.25) is 10.0 Å². The molecule has 11 heteroatoms. The van der Waals surface area contributed by atoms with Gasteiger partial charge in [0.1, 0.15) is 0 Å². The second-order valence-electron chi connectivity index (χ2n) is 6.99. The summed E-state index contributed by atoms with van der Waals surface area (Å²) < 4.78 is 0. The Morgan fingerprint density at radius 3 is 2.44 bits per heavy atom. The number of carboxylic acids is 1. The van der Waals surface area contributed by atoms with Gasteiger partial charge in [-0.25, -0.2) is 0 Å². The summed E-state index contributed by atoms with van der Waals surface area (Å²) in [5.74, 6) is -2.50. The molecular weight excluding hydrogens is 457 g/mol. The van der Waals surface area contributed by atoms with Crippen LogP contribution < -0.4 is 21.7 Å². The van der Waals surface area contributed by atoms with Gasteiger partial charge in [0.2, 0.25) is 5.91 Å². The van der Waals surface area contributed by atoms with E-state index >= 15 is 0 Å². The average Bonchev–Trinajstić information content (AvgIpc) is 2.72. The second-order valence-corrected chi connectivity index (χ2v) is 7.80. The van der Waals surface area contributed by atoms with E-state index in [0.29, 0.717) is 16.3 Å². The predicted octanol–water partition coefficient (Wildman–Crippen LogP) is 2.92. The van der Waals surface area contributed by atoms with E-state index in [-0.39, 0.29) is 35.9 Å². The molecule has 0 heterocycles. The molecule has 2 amide bonds. The smallest absolute Gasteiger partial charge is 0.306 e. The zero-order chi connectivity index (χ0) is 23.9. The molecule has 0 aliphatic heterocycles. The summed E-state index contributed by atoms with van der Waals surface area (Å²) in [6, 6.07) is 10.9. The summed E-state index contributed by atoms with van der Waals surface area (Å²) in [4.78, 5) is 36.6. The van der Waals surface area contributed by atoms with Crippen LogP contribution in [-0.4, -0.2) is 35.4 Å². The minimum Gasteiger partial charge on any atom is -0.481 e. The third kappa shape index (κ3) is 6.60.